The number of fused-ring (bicyclic) bond motifs is 7. The molecule has 0 atom stereocenters. The highest BCUT2D eigenvalue weighted by Gasteiger charge is 2.44. The minimum absolute atomic E-state index is 0.0410. The Kier molecular flexibility index (Phi) is 13.0. The van der Waals surface area contributed by atoms with Gasteiger partial charge in [0.1, 0.15) is 0 Å². The first-order chi connectivity index (χ1) is 45.3. The SMILES string of the molecule is CC(C)(C)c1ccc2c(c1)c1ccccc1n2-c1ccc(-c2nc(-c3ccccc3)nc(-c3ccccc3)n2)cc1-c1nc(-c2ccccc2)cc(-c2cccc(-c3ccc4c5c3N(c3ccccc3)c3ccccc3B5c3ccccc3N4c3ccccc3)c2)n1. The summed E-state index contributed by atoms with van der Waals surface area (Å²) < 4.78 is 2.39. The fourth-order valence-corrected chi connectivity index (χ4v) is 13.9. The second kappa shape index (κ2) is 22.0. The average molecular weight is 1180 g/mol. The molecule has 0 fully saturated rings. The maximum atomic E-state index is 5.78. The molecule has 2 aliphatic heterocycles. The molecule has 5 heterocycles. The van der Waals surface area contributed by atoms with Gasteiger partial charge in [-0.3, -0.25) is 0 Å². The maximum Gasteiger partial charge on any atom is 0.252 e. The zero-order valence-corrected chi connectivity index (χ0v) is 51.0. The number of para-hydroxylation sites is 5. The minimum Gasteiger partial charge on any atom is -0.311 e. The van der Waals surface area contributed by atoms with Crippen molar-refractivity contribution < 1.29 is 0 Å². The normalized spacial score (nSPS) is 12.4. The lowest BCUT2D eigenvalue weighted by Gasteiger charge is -2.45. The summed E-state index contributed by atoms with van der Waals surface area (Å²) in [5.41, 5.74) is 24.0. The van der Waals surface area contributed by atoms with E-state index in [1.54, 1.807) is 0 Å². The molecule has 3 aromatic heterocycles. The van der Waals surface area contributed by atoms with Crippen LogP contribution in [0.4, 0.5) is 34.1 Å². The second-order valence-electron chi connectivity index (χ2n) is 24.8. The maximum absolute atomic E-state index is 5.78. The molecular formula is C83H59BN8. The molecule has 0 saturated carbocycles. The van der Waals surface area contributed by atoms with Crippen LogP contribution in [0.15, 0.2) is 303 Å². The molecule has 0 N–H and O–H groups in total. The van der Waals surface area contributed by atoms with Crippen molar-refractivity contribution in [2.45, 2.75) is 26.2 Å². The Morgan fingerprint density at radius 2 is 0.804 bits per heavy atom. The molecule has 12 aromatic carbocycles. The zero-order chi connectivity index (χ0) is 61.4. The third-order valence-electron chi connectivity index (χ3n) is 18.2. The number of anilines is 6. The fraction of sp³-hybridized carbons (Fsp3) is 0.0482. The molecule has 0 aliphatic carbocycles. The second-order valence-corrected chi connectivity index (χ2v) is 24.8. The Morgan fingerprint density at radius 1 is 0.304 bits per heavy atom. The monoisotopic (exact) mass is 1180 g/mol. The van der Waals surface area contributed by atoms with Crippen molar-refractivity contribution in [2.75, 3.05) is 9.80 Å². The molecule has 0 saturated heterocycles. The number of hydrogen-bond donors (Lipinski definition) is 0. The summed E-state index contributed by atoms with van der Waals surface area (Å²) >= 11 is 0. The number of rotatable bonds is 10. The topological polar surface area (TPSA) is 75.9 Å². The van der Waals surface area contributed by atoms with Crippen molar-refractivity contribution in [3.8, 4) is 84.9 Å². The van der Waals surface area contributed by atoms with Gasteiger partial charge < -0.3 is 14.4 Å². The molecule has 8 nitrogen and oxygen atoms in total. The van der Waals surface area contributed by atoms with E-state index in [1.165, 1.54) is 33.0 Å². The van der Waals surface area contributed by atoms with Crippen molar-refractivity contribution in [1.82, 2.24) is 29.5 Å². The van der Waals surface area contributed by atoms with Crippen LogP contribution in [-0.2, 0) is 5.41 Å². The Balaban J connectivity index is 0.904. The van der Waals surface area contributed by atoms with Crippen molar-refractivity contribution in [2.24, 2.45) is 0 Å². The first kappa shape index (κ1) is 54.4. The molecule has 92 heavy (non-hydrogen) atoms. The van der Waals surface area contributed by atoms with Gasteiger partial charge in [0.25, 0.3) is 6.71 Å². The third kappa shape index (κ3) is 9.27. The smallest absolute Gasteiger partial charge is 0.252 e. The Morgan fingerprint density at radius 3 is 1.45 bits per heavy atom. The first-order valence-electron chi connectivity index (χ1n) is 31.4. The summed E-state index contributed by atoms with van der Waals surface area (Å²) in [5, 5.41) is 2.34. The molecule has 2 aliphatic rings. The van der Waals surface area contributed by atoms with Crippen LogP contribution in [0.2, 0.25) is 0 Å². The summed E-state index contributed by atoms with van der Waals surface area (Å²) in [6.07, 6.45) is 0. The number of nitrogens with zero attached hydrogens (tertiary/aromatic N) is 8. The van der Waals surface area contributed by atoms with E-state index in [1.807, 2.05) is 60.7 Å². The fourth-order valence-electron chi connectivity index (χ4n) is 13.9. The van der Waals surface area contributed by atoms with Gasteiger partial charge in [-0.25, -0.2) is 24.9 Å². The molecule has 0 bridgehead atoms. The van der Waals surface area contributed by atoms with Gasteiger partial charge >= 0.3 is 0 Å². The summed E-state index contributed by atoms with van der Waals surface area (Å²) in [6.45, 7) is 6.79. The minimum atomic E-state index is -0.0622. The average Bonchev–Trinajstić information content (AvgIpc) is 0.822. The molecule has 0 amide bonds. The van der Waals surface area contributed by atoms with Crippen LogP contribution in [0.5, 0.6) is 0 Å². The summed E-state index contributed by atoms with van der Waals surface area (Å²) in [4.78, 5) is 32.0. The van der Waals surface area contributed by atoms with Crippen LogP contribution in [0.1, 0.15) is 26.3 Å². The van der Waals surface area contributed by atoms with Crippen LogP contribution >= 0.6 is 0 Å². The summed E-state index contributed by atoms with van der Waals surface area (Å²) in [6, 6.07) is 108. The highest BCUT2D eigenvalue weighted by molar-refractivity contribution is 7.00. The van der Waals surface area contributed by atoms with Gasteiger partial charge in [-0.1, -0.05) is 233 Å². The van der Waals surface area contributed by atoms with Gasteiger partial charge in [0, 0.05) is 78.2 Å². The van der Waals surface area contributed by atoms with Crippen LogP contribution in [-0.4, -0.2) is 36.2 Å². The highest BCUT2D eigenvalue weighted by atomic mass is 15.2. The zero-order valence-electron chi connectivity index (χ0n) is 51.0. The molecule has 9 heteroatoms. The molecule has 0 radical (unpaired) electrons. The lowest BCUT2D eigenvalue weighted by Crippen LogP contribution is -2.61. The van der Waals surface area contributed by atoms with Gasteiger partial charge in [0.05, 0.1) is 33.8 Å². The van der Waals surface area contributed by atoms with Crippen molar-refractivity contribution in [3.05, 3.63) is 309 Å². The van der Waals surface area contributed by atoms with Gasteiger partial charge in [-0.15, -0.1) is 0 Å². The molecular weight excluding hydrogens is 1120 g/mol. The molecule has 15 aromatic rings. The van der Waals surface area contributed by atoms with E-state index < -0.39 is 0 Å². The predicted octanol–water partition coefficient (Wildman–Crippen LogP) is 18.8. The van der Waals surface area contributed by atoms with Gasteiger partial charge in [0.2, 0.25) is 0 Å². The van der Waals surface area contributed by atoms with Crippen molar-refractivity contribution >= 4 is 79.0 Å². The van der Waals surface area contributed by atoms with E-state index in [-0.39, 0.29) is 12.1 Å². The number of benzene rings is 12. The lowest BCUT2D eigenvalue weighted by molar-refractivity contribution is 0.591. The van der Waals surface area contributed by atoms with Crippen LogP contribution in [0, 0.1) is 0 Å². The van der Waals surface area contributed by atoms with Gasteiger partial charge in [0.15, 0.2) is 23.3 Å². The molecule has 0 unspecified atom stereocenters. The predicted molar refractivity (Wildman–Crippen MR) is 381 cm³/mol. The summed E-state index contributed by atoms with van der Waals surface area (Å²) in [7, 11) is 0. The third-order valence-corrected chi connectivity index (χ3v) is 18.2. The lowest BCUT2D eigenvalue weighted by atomic mass is 9.33. The highest BCUT2D eigenvalue weighted by Crippen LogP contribution is 2.49. The van der Waals surface area contributed by atoms with Gasteiger partial charge in [-0.2, -0.15) is 0 Å². The number of hydrogen-bond acceptors (Lipinski definition) is 7. The van der Waals surface area contributed by atoms with Crippen molar-refractivity contribution in [3.63, 3.8) is 0 Å². The Bertz CT molecular complexity index is 5270. The molecule has 17 rings (SSSR count). The molecule has 0 spiro atoms. The van der Waals surface area contributed by atoms with Crippen LogP contribution < -0.4 is 26.2 Å². The van der Waals surface area contributed by atoms with E-state index in [2.05, 4.69) is 278 Å². The first-order valence-corrected chi connectivity index (χ1v) is 31.4. The van der Waals surface area contributed by atoms with E-state index in [0.29, 0.717) is 23.3 Å². The van der Waals surface area contributed by atoms with E-state index in [0.717, 1.165) is 106 Å². The van der Waals surface area contributed by atoms with E-state index >= 15 is 0 Å². The number of aromatic nitrogens is 6. The van der Waals surface area contributed by atoms with Crippen LogP contribution in [0.3, 0.4) is 0 Å². The van der Waals surface area contributed by atoms with Gasteiger partial charge in [-0.05, 0) is 124 Å². The Hall–Kier alpha value is -11.8. The van der Waals surface area contributed by atoms with Crippen molar-refractivity contribution in [1.29, 1.82) is 0 Å². The van der Waals surface area contributed by atoms with E-state index in [9.17, 15) is 0 Å². The van der Waals surface area contributed by atoms with E-state index in [4.69, 9.17) is 24.9 Å². The quantitative estimate of drug-likeness (QED) is 0.126. The standard InChI is InChI=1S/C83H59BN8/c1-83(2,3)60-45-48-72-65(52-60)64-38-19-22-41-71(64)92(72)73-47-44-59(81-88-79(55-28-11-5-12-29-55)87-80(89-81)56-30-13-6-14-31-56)51-66(73)82-85-69(54-26-9-4-10-27-54)53-70(86-82)58-33-25-32-57(50-58)63-46-49-76-77-78(63)91(62-36-17-8-18-37-62)75-43-24-21-40-68(75)84(77)67-39-20-23-42-74(67)90(76)61-34-15-7-16-35-61/h4-53H,1-3H3. The largest absolute Gasteiger partial charge is 0.311 e. The summed E-state index contributed by atoms with van der Waals surface area (Å²) in [5.74, 6) is 2.26. The van der Waals surface area contributed by atoms with Crippen LogP contribution in [0.25, 0.3) is 107 Å². The Labute approximate surface area is 535 Å². The molecule has 434 valence electrons.